The van der Waals surface area contributed by atoms with Gasteiger partial charge in [-0.05, 0) is 61.7 Å². The van der Waals surface area contributed by atoms with E-state index in [1.807, 2.05) is 19.9 Å². The molecule has 4 heteroatoms. The number of benzene rings is 2. The van der Waals surface area contributed by atoms with E-state index >= 15 is 0 Å². The third-order valence-electron chi connectivity index (χ3n) is 3.16. The van der Waals surface area contributed by atoms with Gasteiger partial charge in [-0.3, -0.25) is 4.79 Å². The van der Waals surface area contributed by atoms with Crippen LogP contribution < -0.4 is 5.32 Å². The number of halogens is 1. The summed E-state index contributed by atoms with van der Waals surface area (Å²) in [5.41, 5.74) is 3.61. The number of carbonyl (C=O) groups excluding carboxylic acids is 1. The first kappa shape index (κ1) is 14.4. The largest absolute Gasteiger partial charge is 0.508 e. The molecular weight excluding hydrogens is 274 g/mol. The first-order chi connectivity index (χ1) is 9.38. The summed E-state index contributed by atoms with van der Waals surface area (Å²) in [4.78, 5) is 12.2. The molecule has 0 saturated carbocycles. The Balaban J connectivity index is 2.30. The van der Waals surface area contributed by atoms with E-state index in [2.05, 4.69) is 5.32 Å². The molecule has 0 aliphatic rings. The lowest BCUT2D eigenvalue weighted by Crippen LogP contribution is -2.13. The lowest BCUT2D eigenvalue weighted by molar-refractivity contribution is 0.102. The zero-order chi connectivity index (χ0) is 14.9. The molecule has 0 heterocycles. The third kappa shape index (κ3) is 2.94. The molecule has 2 aromatic rings. The highest BCUT2D eigenvalue weighted by Crippen LogP contribution is 2.26. The van der Waals surface area contributed by atoms with Crippen LogP contribution >= 0.6 is 11.6 Å². The zero-order valence-corrected chi connectivity index (χ0v) is 12.4. The normalized spacial score (nSPS) is 10.4. The van der Waals surface area contributed by atoms with Gasteiger partial charge in [0.1, 0.15) is 5.75 Å². The van der Waals surface area contributed by atoms with Crippen LogP contribution in [0.15, 0.2) is 30.3 Å². The molecule has 3 nitrogen and oxygen atoms in total. The van der Waals surface area contributed by atoms with E-state index in [1.54, 1.807) is 31.2 Å². The summed E-state index contributed by atoms with van der Waals surface area (Å²) in [6, 6.07) is 8.67. The van der Waals surface area contributed by atoms with E-state index in [0.717, 1.165) is 11.1 Å². The summed E-state index contributed by atoms with van der Waals surface area (Å²) in [7, 11) is 0. The van der Waals surface area contributed by atoms with Crippen LogP contribution in [-0.2, 0) is 0 Å². The molecule has 0 unspecified atom stereocenters. The van der Waals surface area contributed by atoms with Gasteiger partial charge in [0, 0.05) is 5.69 Å². The second kappa shape index (κ2) is 5.55. The number of carbonyl (C=O) groups is 1. The van der Waals surface area contributed by atoms with Crippen LogP contribution in [0.3, 0.4) is 0 Å². The summed E-state index contributed by atoms with van der Waals surface area (Å²) < 4.78 is 0. The van der Waals surface area contributed by atoms with Crippen molar-refractivity contribution in [3.63, 3.8) is 0 Å². The molecule has 0 radical (unpaired) electrons. The summed E-state index contributed by atoms with van der Waals surface area (Å²) in [5.74, 6) is -0.0444. The van der Waals surface area contributed by atoms with Crippen LogP contribution in [0.5, 0.6) is 5.75 Å². The van der Waals surface area contributed by atoms with Crippen molar-refractivity contribution < 1.29 is 9.90 Å². The highest BCUT2D eigenvalue weighted by molar-refractivity contribution is 6.34. The van der Waals surface area contributed by atoms with Gasteiger partial charge >= 0.3 is 0 Å². The molecule has 0 bridgehead atoms. The molecular formula is C16H16ClNO2. The van der Waals surface area contributed by atoms with Gasteiger partial charge in [-0.1, -0.05) is 17.7 Å². The number of nitrogens with one attached hydrogen (secondary N) is 1. The van der Waals surface area contributed by atoms with E-state index in [9.17, 15) is 9.90 Å². The molecule has 1 amide bonds. The van der Waals surface area contributed by atoms with Gasteiger partial charge in [-0.25, -0.2) is 0 Å². The van der Waals surface area contributed by atoms with Crippen molar-refractivity contribution in [2.45, 2.75) is 20.8 Å². The van der Waals surface area contributed by atoms with Gasteiger partial charge in [0.15, 0.2) is 0 Å². The second-order valence-corrected chi connectivity index (χ2v) is 5.30. The maximum Gasteiger partial charge on any atom is 0.257 e. The molecule has 0 aliphatic carbocycles. The predicted molar refractivity (Wildman–Crippen MR) is 81.7 cm³/mol. The molecule has 0 fully saturated rings. The molecule has 2 N–H and O–H groups in total. The van der Waals surface area contributed by atoms with Crippen molar-refractivity contribution in [1.82, 2.24) is 0 Å². The Morgan fingerprint density at radius 3 is 2.45 bits per heavy atom. The minimum absolute atomic E-state index is 0.217. The fraction of sp³-hybridized carbons (Fsp3) is 0.188. The van der Waals surface area contributed by atoms with E-state index in [1.165, 1.54) is 0 Å². The Kier molecular flexibility index (Phi) is 4.00. The highest BCUT2D eigenvalue weighted by Gasteiger charge is 2.12. The number of hydrogen-bond acceptors (Lipinski definition) is 2. The Morgan fingerprint density at radius 2 is 1.80 bits per heavy atom. The maximum atomic E-state index is 12.2. The number of phenolic OH excluding ortho intramolecular Hbond substituents is 1. The monoisotopic (exact) mass is 289 g/mol. The third-order valence-corrected chi connectivity index (χ3v) is 3.47. The Morgan fingerprint density at radius 1 is 1.10 bits per heavy atom. The number of amides is 1. The van der Waals surface area contributed by atoms with Crippen molar-refractivity contribution in [3.05, 3.63) is 57.6 Å². The zero-order valence-electron chi connectivity index (χ0n) is 11.6. The van der Waals surface area contributed by atoms with Crippen LogP contribution in [0.1, 0.15) is 27.0 Å². The quantitative estimate of drug-likeness (QED) is 0.813. The van der Waals surface area contributed by atoms with Crippen LogP contribution in [0, 0.1) is 20.8 Å². The molecule has 0 spiro atoms. The van der Waals surface area contributed by atoms with Crippen molar-refractivity contribution in [1.29, 1.82) is 0 Å². The van der Waals surface area contributed by atoms with Gasteiger partial charge in [0.05, 0.1) is 10.6 Å². The average molecular weight is 290 g/mol. The Labute approximate surface area is 123 Å². The first-order valence-electron chi connectivity index (χ1n) is 6.26. The van der Waals surface area contributed by atoms with Crippen LogP contribution in [-0.4, -0.2) is 11.0 Å². The number of hydrogen-bond donors (Lipinski definition) is 2. The topological polar surface area (TPSA) is 49.3 Å². The number of aromatic hydroxyl groups is 1. The Bertz CT molecular complexity index is 680. The van der Waals surface area contributed by atoms with Gasteiger partial charge in [0.25, 0.3) is 5.91 Å². The van der Waals surface area contributed by atoms with E-state index in [0.29, 0.717) is 21.8 Å². The maximum absolute atomic E-state index is 12.2. The number of phenols is 1. The molecule has 2 aromatic carbocycles. The summed E-state index contributed by atoms with van der Waals surface area (Å²) >= 11 is 6.09. The molecule has 20 heavy (non-hydrogen) atoms. The summed E-state index contributed by atoms with van der Waals surface area (Å²) in [6.45, 7) is 5.52. The van der Waals surface area contributed by atoms with Gasteiger partial charge < -0.3 is 10.4 Å². The van der Waals surface area contributed by atoms with E-state index in [4.69, 9.17) is 11.6 Å². The number of anilines is 1. The molecule has 104 valence electrons. The molecule has 0 saturated heterocycles. The van der Waals surface area contributed by atoms with Gasteiger partial charge in [-0.2, -0.15) is 0 Å². The summed E-state index contributed by atoms with van der Waals surface area (Å²) in [6.07, 6.45) is 0. The standard InChI is InChI=1S/C16H16ClNO2/c1-9-4-5-12(13(17)6-9)16(20)18-14-7-11(3)15(19)8-10(14)2/h4-8,19H,1-3H3,(H,18,20). The van der Waals surface area contributed by atoms with Crippen molar-refractivity contribution >= 4 is 23.2 Å². The van der Waals surface area contributed by atoms with Crippen LogP contribution in [0.2, 0.25) is 5.02 Å². The lowest BCUT2D eigenvalue weighted by Gasteiger charge is -2.11. The predicted octanol–water partition coefficient (Wildman–Crippen LogP) is 4.22. The van der Waals surface area contributed by atoms with Gasteiger partial charge in [-0.15, -0.1) is 0 Å². The SMILES string of the molecule is Cc1ccc(C(=O)Nc2cc(C)c(O)cc2C)c(Cl)c1. The van der Waals surface area contributed by atoms with Crippen LogP contribution in [0.4, 0.5) is 5.69 Å². The van der Waals surface area contributed by atoms with Crippen molar-refractivity contribution in [2.24, 2.45) is 0 Å². The van der Waals surface area contributed by atoms with Crippen molar-refractivity contribution in [2.75, 3.05) is 5.32 Å². The van der Waals surface area contributed by atoms with E-state index < -0.39 is 0 Å². The van der Waals surface area contributed by atoms with E-state index in [-0.39, 0.29) is 11.7 Å². The van der Waals surface area contributed by atoms with Crippen LogP contribution in [0.25, 0.3) is 0 Å². The molecule has 0 atom stereocenters. The fourth-order valence-electron chi connectivity index (χ4n) is 1.93. The smallest absolute Gasteiger partial charge is 0.257 e. The first-order valence-corrected chi connectivity index (χ1v) is 6.64. The second-order valence-electron chi connectivity index (χ2n) is 4.89. The number of rotatable bonds is 2. The molecule has 0 aliphatic heterocycles. The van der Waals surface area contributed by atoms with Crippen molar-refractivity contribution in [3.8, 4) is 5.75 Å². The highest BCUT2D eigenvalue weighted by atomic mass is 35.5. The summed E-state index contributed by atoms with van der Waals surface area (Å²) in [5, 5.41) is 12.9. The minimum atomic E-state index is -0.261. The molecule has 0 aromatic heterocycles. The fourth-order valence-corrected chi connectivity index (χ4v) is 2.25. The lowest BCUT2D eigenvalue weighted by atomic mass is 10.1. The minimum Gasteiger partial charge on any atom is -0.508 e. The average Bonchev–Trinajstić information content (AvgIpc) is 2.35. The molecule has 2 rings (SSSR count). The number of aryl methyl sites for hydroxylation is 3. The van der Waals surface area contributed by atoms with Gasteiger partial charge in [0.2, 0.25) is 0 Å². The Hall–Kier alpha value is -2.00.